The summed E-state index contributed by atoms with van der Waals surface area (Å²) in [5.74, 6) is 0. The van der Waals surface area contributed by atoms with Crippen LogP contribution >= 0.6 is 0 Å². The van der Waals surface area contributed by atoms with Gasteiger partial charge in [0.25, 0.3) is 0 Å². The first-order valence-electron chi connectivity index (χ1n) is 6.50. The molecule has 1 aliphatic heterocycles. The Bertz CT molecular complexity index is 381. The fraction of sp³-hybridized carbons (Fsp3) is 0.769. The smallest absolute Gasteiger partial charge is 0.0625 e. The van der Waals surface area contributed by atoms with Crippen molar-refractivity contribution in [1.29, 1.82) is 0 Å². The van der Waals surface area contributed by atoms with Gasteiger partial charge in [0.15, 0.2) is 0 Å². The number of aromatic nitrogens is 2. The molecular formula is C13H24N4. The van der Waals surface area contributed by atoms with Crippen molar-refractivity contribution in [1.82, 2.24) is 20.0 Å². The second-order valence-corrected chi connectivity index (χ2v) is 5.51. The maximum atomic E-state index is 4.52. The fourth-order valence-corrected chi connectivity index (χ4v) is 2.40. The molecule has 17 heavy (non-hydrogen) atoms. The van der Waals surface area contributed by atoms with E-state index in [2.05, 4.69) is 42.2 Å². The van der Waals surface area contributed by atoms with E-state index in [1.165, 1.54) is 11.4 Å². The molecule has 0 saturated carbocycles. The normalized spacial score (nSPS) is 20.7. The Kier molecular flexibility index (Phi) is 3.54. The van der Waals surface area contributed by atoms with Gasteiger partial charge in [-0.2, -0.15) is 5.10 Å². The van der Waals surface area contributed by atoms with Crippen LogP contribution in [0.25, 0.3) is 0 Å². The predicted octanol–water partition coefficient (Wildman–Crippen LogP) is 1.17. The average Bonchev–Trinajstić information content (AvgIpc) is 2.63. The Morgan fingerprint density at radius 3 is 2.82 bits per heavy atom. The monoisotopic (exact) mass is 236 g/mol. The van der Waals surface area contributed by atoms with Crippen LogP contribution in [0.2, 0.25) is 0 Å². The lowest BCUT2D eigenvalue weighted by Crippen LogP contribution is -2.57. The summed E-state index contributed by atoms with van der Waals surface area (Å²) in [6, 6.07) is 2.23. The van der Waals surface area contributed by atoms with Gasteiger partial charge in [-0.05, 0) is 26.3 Å². The van der Waals surface area contributed by atoms with Crippen LogP contribution in [-0.2, 0) is 20.0 Å². The minimum absolute atomic E-state index is 0.231. The maximum absolute atomic E-state index is 4.52. The number of nitrogens with zero attached hydrogens (tertiary/aromatic N) is 3. The topological polar surface area (TPSA) is 33.1 Å². The summed E-state index contributed by atoms with van der Waals surface area (Å²) in [6.07, 6.45) is 1.01. The first kappa shape index (κ1) is 12.6. The van der Waals surface area contributed by atoms with Crippen molar-refractivity contribution >= 4 is 0 Å². The van der Waals surface area contributed by atoms with Gasteiger partial charge in [-0.1, -0.05) is 6.92 Å². The van der Waals surface area contributed by atoms with Crippen molar-refractivity contribution in [3.05, 3.63) is 17.5 Å². The lowest BCUT2D eigenvalue weighted by atomic mass is 10.00. The van der Waals surface area contributed by atoms with E-state index in [1.807, 2.05) is 11.7 Å². The molecule has 0 spiro atoms. The van der Waals surface area contributed by atoms with Crippen LogP contribution in [0.1, 0.15) is 32.2 Å². The van der Waals surface area contributed by atoms with E-state index in [4.69, 9.17) is 0 Å². The van der Waals surface area contributed by atoms with E-state index < -0.39 is 0 Å². The summed E-state index contributed by atoms with van der Waals surface area (Å²) in [5.41, 5.74) is 2.74. The molecule has 0 aliphatic carbocycles. The van der Waals surface area contributed by atoms with Crippen molar-refractivity contribution in [2.24, 2.45) is 7.05 Å². The standard InChI is InChI=1S/C13H24N4/c1-5-11-8-12(16(4)15-11)9-17-7-6-14-10-13(17,2)3/h8,14H,5-7,9-10H2,1-4H3. The van der Waals surface area contributed by atoms with Crippen LogP contribution in [0.3, 0.4) is 0 Å². The van der Waals surface area contributed by atoms with E-state index in [-0.39, 0.29) is 5.54 Å². The highest BCUT2D eigenvalue weighted by atomic mass is 15.3. The largest absolute Gasteiger partial charge is 0.314 e. The molecule has 4 nitrogen and oxygen atoms in total. The molecule has 2 heterocycles. The Balaban J connectivity index is 2.11. The molecule has 0 radical (unpaired) electrons. The van der Waals surface area contributed by atoms with Gasteiger partial charge in [0.1, 0.15) is 0 Å². The summed E-state index contributed by atoms with van der Waals surface area (Å²) in [7, 11) is 2.05. The van der Waals surface area contributed by atoms with E-state index in [0.29, 0.717) is 0 Å². The molecule has 0 atom stereocenters. The van der Waals surface area contributed by atoms with Crippen LogP contribution in [0.4, 0.5) is 0 Å². The van der Waals surface area contributed by atoms with Crippen LogP contribution in [0, 0.1) is 0 Å². The molecule has 1 aromatic heterocycles. The van der Waals surface area contributed by atoms with Crippen molar-refractivity contribution in [3.63, 3.8) is 0 Å². The highest BCUT2D eigenvalue weighted by Gasteiger charge is 2.29. The number of aryl methyl sites for hydroxylation is 2. The zero-order valence-electron chi connectivity index (χ0n) is 11.5. The third-order valence-electron chi connectivity index (χ3n) is 3.71. The van der Waals surface area contributed by atoms with E-state index >= 15 is 0 Å². The van der Waals surface area contributed by atoms with Crippen LogP contribution < -0.4 is 5.32 Å². The first-order chi connectivity index (χ1) is 8.03. The van der Waals surface area contributed by atoms with Crippen molar-refractivity contribution in [2.45, 2.75) is 39.3 Å². The molecule has 0 aromatic carbocycles. The minimum Gasteiger partial charge on any atom is -0.314 e. The zero-order chi connectivity index (χ0) is 12.5. The molecule has 0 unspecified atom stereocenters. The van der Waals surface area contributed by atoms with E-state index in [0.717, 1.165) is 32.6 Å². The van der Waals surface area contributed by atoms with Crippen molar-refractivity contribution in [2.75, 3.05) is 19.6 Å². The molecule has 1 aromatic rings. The SMILES string of the molecule is CCc1cc(CN2CCNCC2(C)C)n(C)n1. The van der Waals surface area contributed by atoms with Gasteiger partial charge in [-0.3, -0.25) is 9.58 Å². The van der Waals surface area contributed by atoms with Crippen molar-refractivity contribution < 1.29 is 0 Å². The molecule has 2 rings (SSSR count). The summed E-state index contributed by atoms with van der Waals surface area (Å²) in [4.78, 5) is 2.54. The second kappa shape index (κ2) is 4.78. The lowest BCUT2D eigenvalue weighted by molar-refractivity contribution is 0.0801. The van der Waals surface area contributed by atoms with Gasteiger partial charge in [0.05, 0.1) is 11.4 Å². The van der Waals surface area contributed by atoms with E-state index in [1.54, 1.807) is 0 Å². The minimum atomic E-state index is 0.231. The third-order valence-corrected chi connectivity index (χ3v) is 3.71. The van der Waals surface area contributed by atoms with Gasteiger partial charge in [-0.15, -0.1) is 0 Å². The Hall–Kier alpha value is -0.870. The molecule has 1 aliphatic rings. The molecule has 4 heteroatoms. The quantitative estimate of drug-likeness (QED) is 0.855. The Labute approximate surface area is 104 Å². The van der Waals surface area contributed by atoms with Gasteiger partial charge in [0, 0.05) is 38.8 Å². The highest BCUT2D eigenvalue weighted by molar-refractivity contribution is 5.11. The molecular weight excluding hydrogens is 212 g/mol. The van der Waals surface area contributed by atoms with Crippen LogP contribution in [0.5, 0.6) is 0 Å². The van der Waals surface area contributed by atoms with Gasteiger partial charge >= 0.3 is 0 Å². The Morgan fingerprint density at radius 1 is 1.47 bits per heavy atom. The Morgan fingerprint density at radius 2 is 2.24 bits per heavy atom. The second-order valence-electron chi connectivity index (χ2n) is 5.51. The first-order valence-corrected chi connectivity index (χ1v) is 6.50. The van der Waals surface area contributed by atoms with Crippen molar-refractivity contribution in [3.8, 4) is 0 Å². The molecule has 1 fully saturated rings. The summed E-state index contributed by atoms with van der Waals surface area (Å²) in [5, 5.41) is 7.97. The predicted molar refractivity (Wildman–Crippen MR) is 69.9 cm³/mol. The molecule has 0 bridgehead atoms. The van der Waals surface area contributed by atoms with Crippen LogP contribution in [-0.4, -0.2) is 39.9 Å². The van der Waals surface area contributed by atoms with Gasteiger partial charge < -0.3 is 5.32 Å². The lowest BCUT2D eigenvalue weighted by Gasteiger charge is -2.42. The van der Waals surface area contributed by atoms with Gasteiger partial charge in [-0.25, -0.2) is 0 Å². The molecule has 0 amide bonds. The third kappa shape index (κ3) is 2.69. The van der Waals surface area contributed by atoms with Crippen LogP contribution in [0.15, 0.2) is 6.07 Å². The maximum Gasteiger partial charge on any atom is 0.0625 e. The number of hydrogen-bond acceptors (Lipinski definition) is 3. The number of piperazine rings is 1. The van der Waals surface area contributed by atoms with E-state index in [9.17, 15) is 0 Å². The summed E-state index contributed by atoms with van der Waals surface area (Å²) >= 11 is 0. The molecule has 1 N–H and O–H groups in total. The number of rotatable bonds is 3. The average molecular weight is 236 g/mol. The fourth-order valence-electron chi connectivity index (χ4n) is 2.40. The number of hydrogen-bond donors (Lipinski definition) is 1. The molecule has 96 valence electrons. The molecule has 1 saturated heterocycles. The van der Waals surface area contributed by atoms with Gasteiger partial charge in [0.2, 0.25) is 0 Å². The summed E-state index contributed by atoms with van der Waals surface area (Å²) < 4.78 is 2.02. The zero-order valence-corrected chi connectivity index (χ0v) is 11.5. The summed E-state index contributed by atoms with van der Waals surface area (Å²) in [6.45, 7) is 11.0. The highest BCUT2D eigenvalue weighted by Crippen LogP contribution is 2.19. The number of nitrogens with one attached hydrogen (secondary N) is 1.